The SMILES string of the molecule is CC1(C)CCSCC1(O)c1cc(Cl)ccc1Cl. The van der Waals surface area contributed by atoms with Crippen molar-refractivity contribution >= 4 is 35.0 Å². The zero-order chi connectivity index (χ0) is 12.7. The largest absolute Gasteiger partial charge is 0.384 e. The van der Waals surface area contributed by atoms with Gasteiger partial charge in [0.1, 0.15) is 5.60 Å². The lowest BCUT2D eigenvalue weighted by molar-refractivity contribution is -0.0577. The highest BCUT2D eigenvalue weighted by atomic mass is 35.5. The minimum absolute atomic E-state index is 0.188. The Morgan fingerprint density at radius 1 is 1.29 bits per heavy atom. The van der Waals surface area contributed by atoms with E-state index in [1.54, 1.807) is 30.0 Å². The van der Waals surface area contributed by atoms with Crippen LogP contribution in [-0.2, 0) is 5.60 Å². The molecule has 0 aliphatic carbocycles. The molecule has 1 aliphatic rings. The van der Waals surface area contributed by atoms with Crippen molar-refractivity contribution in [2.45, 2.75) is 25.9 Å². The highest BCUT2D eigenvalue weighted by Gasteiger charge is 2.47. The van der Waals surface area contributed by atoms with Crippen LogP contribution in [0.1, 0.15) is 25.8 Å². The molecule has 0 bridgehead atoms. The number of halogens is 2. The van der Waals surface area contributed by atoms with Crippen LogP contribution in [0.3, 0.4) is 0 Å². The molecule has 17 heavy (non-hydrogen) atoms. The van der Waals surface area contributed by atoms with Gasteiger partial charge in [0.15, 0.2) is 0 Å². The minimum Gasteiger partial charge on any atom is -0.384 e. The van der Waals surface area contributed by atoms with Gasteiger partial charge < -0.3 is 5.11 Å². The first-order chi connectivity index (χ1) is 7.87. The van der Waals surface area contributed by atoms with Gasteiger partial charge in [0.25, 0.3) is 0 Å². The molecule has 0 spiro atoms. The zero-order valence-corrected chi connectivity index (χ0v) is 12.3. The summed E-state index contributed by atoms with van der Waals surface area (Å²) in [6.45, 7) is 4.17. The van der Waals surface area contributed by atoms with Gasteiger partial charge >= 0.3 is 0 Å². The van der Waals surface area contributed by atoms with Crippen molar-refractivity contribution in [1.82, 2.24) is 0 Å². The Balaban J connectivity index is 2.52. The summed E-state index contributed by atoms with van der Waals surface area (Å²) in [5, 5.41) is 12.2. The number of thioether (sulfide) groups is 1. The Bertz CT molecular complexity index is 433. The molecule has 0 aromatic heterocycles. The van der Waals surface area contributed by atoms with Crippen molar-refractivity contribution in [2.24, 2.45) is 5.41 Å². The molecule has 0 radical (unpaired) electrons. The molecule has 1 unspecified atom stereocenters. The summed E-state index contributed by atoms with van der Waals surface area (Å²) < 4.78 is 0. The Morgan fingerprint density at radius 3 is 2.65 bits per heavy atom. The van der Waals surface area contributed by atoms with E-state index in [9.17, 15) is 5.11 Å². The van der Waals surface area contributed by atoms with Crippen LogP contribution >= 0.6 is 35.0 Å². The van der Waals surface area contributed by atoms with Gasteiger partial charge in [-0.2, -0.15) is 11.8 Å². The third-order valence-corrected chi connectivity index (χ3v) is 5.36. The topological polar surface area (TPSA) is 20.2 Å². The molecule has 2 rings (SSSR count). The van der Waals surface area contributed by atoms with Gasteiger partial charge in [0, 0.05) is 21.4 Å². The maximum Gasteiger partial charge on any atom is 0.105 e. The molecule has 1 N–H and O–H groups in total. The van der Waals surface area contributed by atoms with E-state index in [0.717, 1.165) is 17.7 Å². The second kappa shape index (κ2) is 4.65. The summed E-state index contributed by atoms with van der Waals surface area (Å²) in [6.07, 6.45) is 0.969. The highest BCUT2D eigenvalue weighted by Crippen LogP contribution is 2.50. The van der Waals surface area contributed by atoms with Gasteiger partial charge in [0.2, 0.25) is 0 Å². The first-order valence-corrected chi connectivity index (χ1v) is 7.53. The van der Waals surface area contributed by atoms with Crippen molar-refractivity contribution in [3.05, 3.63) is 33.8 Å². The van der Waals surface area contributed by atoms with Crippen LogP contribution < -0.4 is 0 Å². The number of rotatable bonds is 1. The first kappa shape index (κ1) is 13.5. The van der Waals surface area contributed by atoms with Crippen LogP contribution in [0.25, 0.3) is 0 Å². The van der Waals surface area contributed by atoms with Crippen molar-refractivity contribution in [1.29, 1.82) is 0 Å². The molecular weight excluding hydrogens is 275 g/mol. The van der Waals surface area contributed by atoms with Gasteiger partial charge in [-0.25, -0.2) is 0 Å². The molecule has 1 saturated heterocycles. The summed E-state index contributed by atoms with van der Waals surface area (Å²) in [5.41, 5.74) is -0.339. The van der Waals surface area contributed by atoms with E-state index in [0.29, 0.717) is 15.8 Å². The summed E-state index contributed by atoms with van der Waals surface area (Å²) in [4.78, 5) is 0. The van der Waals surface area contributed by atoms with Crippen LogP contribution in [0.2, 0.25) is 10.0 Å². The van der Waals surface area contributed by atoms with E-state index in [4.69, 9.17) is 23.2 Å². The van der Waals surface area contributed by atoms with Crippen molar-refractivity contribution in [2.75, 3.05) is 11.5 Å². The Morgan fingerprint density at radius 2 is 2.00 bits per heavy atom. The maximum atomic E-state index is 11.0. The van der Waals surface area contributed by atoms with Crippen molar-refractivity contribution in [3.63, 3.8) is 0 Å². The van der Waals surface area contributed by atoms with Gasteiger partial charge in [-0.1, -0.05) is 37.0 Å². The Labute approximate surface area is 117 Å². The van der Waals surface area contributed by atoms with Gasteiger partial charge in [-0.15, -0.1) is 0 Å². The normalized spacial score (nSPS) is 28.1. The van der Waals surface area contributed by atoms with Gasteiger partial charge in [-0.05, 0) is 35.8 Å². The fourth-order valence-electron chi connectivity index (χ4n) is 2.21. The molecule has 94 valence electrons. The lowest BCUT2D eigenvalue weighted by atomic mass is 9.70. The molecule has 1 nitrogen and oxygen atoms in total. The molecule has 1 aromatic rings. The van der Waals surface area contributed by atoms with E-state index in [2.05, 4.69) is 13.8 Å². The van der Waals surface area contributed by atoms with Crippen LogP contribution in [-0.4, -0.2) is 16.6 Å². The molecule has 0 amide bonds. The average Bonchev–Trinajstić information content (AvgIpc) is 2.26. The van der Waals surface area contributed by atoms with E-state index < -0.39 is 5.60 Å². The lowest BCUT2D eigenvalue weighted by Crippen LogP contribution is -2.47. The fourth-order valence-corrected chi connectivity index (χ4v) is 4.29. The lowest BCUT2D eigenvalue weighted by Gasteiger charge is -2.46. The van der Waals surface area contributed by atoms with E-state index >= 15 is 0 Å². The first-order valence-electron chi connectivity index (χ1n) is 5.62. The fraction of sp³-hybridized carbons (Fsp3) is 0.538. The summed E-state index contributed by atoms with van der Waals surface area (Å²) >= 11 is 14.0. The molecule has 1 atom stereocenters. The predicted octanol–water partition coefficient (Wildman–Crippen LogP) is 4.34. The molecule has 1 heterocycles. The van der Waals surface area contributed by atoms with Crippen molar-refractivity contribution in [3.8, 4) is 0 Å². The Kier molecular flexibility index (Phi) is 3.71. The van der Waals surface area contributed by atoms with Crippen LogP contribution in [0.15, 0.2) is 18.2 Å². The molecule has 0 saturated carbocycles. The number of aliphatic hydroxyl groups is 1. The minimum atomic E-state index is -0.905. The van der Waals surface area contributed by atoms with E-state index in [1.165, 1.54) is 0 Å². The zero-order valence-electron chi connectivity index (χ0n) is 9.96. The van der Waals surface area contributed by atoms with Gasteiger partial charge in [-0.3, -0.25) is 0 Å². The summed E-state index contributed by atoms with van der Waals surface area (Å²) in [6, 6.07) is 5.30. The molecule has 1 aromatic carbocycles. The maximum absolute atomic E-state index is 11.0. The van der Waals surface area contributed by atoms with Crippen LogP contribution in [0.4, 0.5) is 0 Å². The van der Waals surface area contributed by atoms with Gasteiger partial charge in [0.05, 0.1) is 0 Å². The smallest absolute Gasteiger partial charge is 0.105 e. The molecule has 1 aliphatic heterocycles. The van der Waals surface area contributed by atoms with Crippen LogP contribution in [0, 0.1) is 5.41 Å². The second-order valence-corrected chi connectivity index (χ2v) is 7.12. The Hall–Kier alpha value is 0.110. The number of hydrogen-bond acceptors (Lipinski definition) is 2. The summed E-state index contributed by atoms with van der Waals surface area (Å²) in [5.74, 6) is 1.74. The van der Waals surface area contributed by atoms with E-state index in [1.807, 2.05) is 0 Å². The summed E-state index contributed by atoms with van der Waals surface area (Å²) in [7, 11) is 0. The average molecular weight is 291 g/mol. The third kappa shape index (κ3) is 2.33. The molecule has 4 heteroatoms. The molecule has 1 fully saturated rings. The van der Waals surface area contributed by atoms with Crippen LogP contribution in [0.5, 0.6) is 0 Å². The third-order valence-electron chi connectivity index (χ3n) is 3.68. The molecular formula is C13H16Cl2OS. The second-order valence-electron chi connectivity index (χ2n) is 5.17. The highest BCUT2D eigenvalue weighted by molar-refractivity contribution is 7.99. The quantitative estimate of drug-likeness (QED) is 0.830. The number of benzene rings is 1. The van der Waals surface area contributed by atoms with Crippen molar-refractivity contribution < 1.29 is 5.11 Å². The van der Waals surface area contributed by atoms with E-state index in [-0.39, 0.29) is 5.41 Å². The monoisotopic (exact) mass is 290 g/mol. The predicted molar refractivity (Wildman–Crippen MR) is 76.1 cm³/mol. The number of hydrogen-bond donors (Lipinski definition) is 1. The standard InChI is InChI=1S/C13H16Cl2OS/c1-12(2)5-6-17-8-13(12,16)10-7-9(14)3-4-11(10)15/h3-4,7,16H,5-6,8H2,1-2H3.